The number of amides is 1. The van der Waals surface area contributed by atoms with Crippen LogP contribution in [0.5, 0.6) is 5.75 Å². The lowest BCUT2D eigenvalue weighted by Gasteiger charge is -2.37. The van der Waals surface area contributed by atoms with Crippen LogP contribution in [0.25, 0.3) is 0 Å². The summed E-state index contributed by atoms with van der Waals surface area (Å²) in [7, 11) is 0. The molecule has 2 aliphatic heterocycles. The summed E-state index contributed by atoms with van der Waals surface area (Å²) >= 11 is 0. The second-order valence-corrected chi connectivity index (χ2v) is 6.82. The quantitative estimate of drug-likeness (QED) is 0.794. The van der Waals surface area contributed by atoms with Gasteiger partial charge < -0.3 is 14.4 Å². The predicted molar refractivity (Wildman–Crippen MR) is 98.2 cm³/mol. The third-order valence-electron chi connectivity index (χ3n) is 5.19. The van der Waals surface area contributed by atoms with Gasteiger partial charge >= 0.3 is 0 Å². The molecular weight excluding hydrogens is 316 g/mol. The van der Waals surface area contributed by atoms with Crippen molar-refractivity contribution in [2.75, 3.05) is 46.0 Å². The molecule has 5 nitrogen and oxygen atoms in total. The van der Waals surface area contributed by atoms with Crippen LogP contribution in [0.3, 0.4) is 0 Å². The van der Waals surface area contributed by atoms with E-state index in [2.05, 4.69) is 9.80 Å². The van der Waals surface area contributed by atoms with Gasteiger partial charge in [-0.3, -0.25) is 9.69 Å². The lowest BCUT2D eigenvalue weighted by atomic mass is 9.97. The predicted octanol–water partition coefficient (Wildman–Crippen LogP) is 2.80. The lowest BCUT2D eigenvalue weighted by molar-refractivity contribution is 0.0295. The Labute approximate surface area is 150 Å². The Morgan fingerprint density at radius 2 is 2.00 bits per heavy atom. The highest BCUT2D eigenvalue weighted by Gasteiger charge is 2.29. The largest absolute Gasteiger partial charge is 0.493 e. The number of hydrogen-bond acceptors (Lipinski definition) is 4. The van der Waals surface area contributed by atoms with Crippen molar-refractivity contribution in [3.63, 3.8) is 0 Å². The number of likely N-dealkylation sites (tertiary alicyclic amines) is 1. The second kappa shape index (κ2) is 9.20. The third-order valence-corrected chi connectivity index (χ3v) is 5.19. The highest BCUT2D eigenvalue weighted by Crippen LogP contribution is 2.26. The average Bonchev–Trinajstić information content (AvgIpc) is 2.68. The normalized spacial score (nSPS) is 22.0. The fourth-order valence-corrected chi connectivity index (χ4v) is 3.80. The van der Waals surface area contributed by atoms with E-state index in [1.165, 1.54) is 6.42 Å². The molecule has 0 spiro atoms. The van der Waals surface area contributed by atoms with Crippen molar-refractivity contribution < 1.29 is 14.3 Å². The first-order valence-corrected chi connectivity index (χ1v) is 9.62. The van der Waals surface area contributed by atoms with Crippen molar-refractivity contribution in [3.05, 3.63) is 29.8 Å². The highest BCUT2D eigenvalue weighted by atomic mass is 16.5. The molecule has 138 valence electrons. The van der Waals surface area contributed by atoms with E-state index in [4.69, 9.17) is 9.47 Å². The SMILES string of the molecule is CCOc1ccccc1C(=O)N1CCCCC1CCN1CCOCC1. The Kier molecular flexibility index (Phi) is 6.70. The van der Waals surface area contributed by atoms with Crippen molar-refractivity contribution in [3.8, 4) is 5.75 Å². The minimum atomic E-state index is 0.121. The molecule has 1 unspecified atom stereocenters. The van der Waals surface area contributed by atoms with Gasteiger partial charge in [0.2, 0.25) is 0 Å². The smallest absolute Gasteiger partial charge is 0.257 e. The molecule has 5 heteroatoms. The lowest BCUT2D eigenvalue weighted by Crippen LogP contribution is -2.46. The van der Waals surface area contributed by atoms with Gasteiger partial charge in [-0.2, -0.15) is 0 Å². The fourth-order valence-electron chi connectivity index (χ4n) is 3.80. The van der Waals surface area contributed by atoms with Gasteiger partial charge in [0.05, 0.1) is 25.4 Å². The molecular formula is C20H30N2O3. The summed E-state index contributed by atoms with van der Waals surface area (Å²) in [5, 5.41) is 0. The zero-order valence-corrected chi connectivity index (χ0v) is 15.3. The molecule has 0 bridgehead atoms. The van der Waals surface area contributed by atoms with Crippen LogP contribution < -0.4 is 4.74 Å². The van der Waals surface area contributed by atoms with E-state index in [1.54, 1.807) is 0 Å². The summed E-state index contributed by atoms with van der Waals surface area (Å²) < 4.78 is 11.1. The van der Waals surface area contributed by atoms with Gasteiger partial charge in [0.15, 0.2) is 0 Å². The maximum Gasteiger partial charge on any atom is 0.257 e. The molecule has 2 saturated heterocycles. The number of piperidine rings is 1. The van der Waals surface area contributed by atoms with Crippen molar-refractivity contribution in [1.29, 1.82) is 0 Å². The number of carbonyl (C=O) groups is 1. The van der Waals surface area contributed by atoms with Crippen LogP contribution >= 0.6 is 0 Å². The molecule has 2 fully saturated rings. The first-order chi connectivity index (χ1) is 12.3. The number of para-hydroxylation sites is 1. The van der Waals surface area contributed by atoms with Crippen molar-refractivity contribution in [2.24, 2.45) is 0 Å². The van der Waals surface area contributed by atoms with Crippen LogP contribution in [-0.4, -0.2) is 67.7 Å². The molecule has 1 aromatic carbocycles. The molecule has 25 heavy (non-hydrogen) atoms. The van der Waals surface area contributed by atoms with Crippen LogP contribution in [0.1, 0.15) is 43.0 Å². The topological polar surface area (TPSA) is 42.0 Å². The van der Waals surface area contributed by atoms with E-state index < -0.39 is 0 Å². The van der Waals surface area contributed by atoms with Crippen LogP contribution in [0.15, 0.2) is 24.3 Å². The molecule has 0 radical (unpaired) electrons. The van der Waals surface area contributed by atoms with Crippen LogP contribution in [0.2, 0.25) is 0 Å². The molecule has 0 aliphatic carbocycles. The van der Waals surface area contributed by atoms with Crippen molar-refractivity contribution >= 4 is 5.91 Å². The summed E-state index contributed by atoms with van der Waals surface area (Å²) in [5.41, 5.74) is 0.697. The number of hydrogen-bond donors (Lipinski definition) is 0. The summed E-state index contributed by atoms with van der Waals surface area (Å²) in [6.45, 7) is 8.10. The van der Waals surface area contributed by atoms with Gasteiger partial charge in [0.25, 0.3) is 5.91 Å². The molecule has 1 amide bonds. The number of benzene rings is 1. The van der Waals surface area contributed by atoms with E-state index >= 15 is 0 Å². The van der Waals surface area contributed by atoms with Gasteiger partial charge in [-0.1, -0.05) is 12.1 Å². The number of rotatable bonds is 6. The van der Waals surface area contributed by atoms with E-state index in [0.717, 1.165) is 58.7 Å². The molecule has 1 atom stereocenters. The Bertz CT molecular complexity index is 558. The maximum atomic E-state index is 13.2. The molecule has 3 rings (SSSR count). The summed E-state index contributed by atoms with van der Waals surface area (Å²) in [5.74, 6) is 0.822. The monoisotopic (exact) mass is 346 g/mol. The van der Waals surface area contributed by atoms with E-state index in [-0.39, 0.29) is 5.91 Å². The Hall–Kier alpha value is -1.59. The molecule has 2 aliphatic rings. The highest BCUT2D eigenvalue weighted by molar-refractivity contribution is 5.97. The maximum absolute atomic E-state index is 13.2. The number of ether oxygens (including phenoxy) is 2. The molecule has 0 aromatic heterocycles. The van der Waals surface area contributed by atoms with Gasteiger partial charge in [-0.05, 0) is 44.7 Å². The minimum absolute atomic E-state index is 0.121. The zero-order valence-electron chi connectivity index (χ0n) is 15.3. The van der Waals surface area contributed by atoms with Crippen LogP contribution in [0.4, 0.5) is 0 Å². The van der Waals surface area contributed by atoms with Crippen LogP contribution in [-0.2, 0) is 4.74 Å². The Morgan fingerprint density at radius 3 is 2.80 bits per heavy atom. The van der Waals surface area contributed by atoms with E-state index in [1.807, 2.05) is 31.2 Å². The number of carbonyl (C=O) groups excluding carboxylic acids is 1. The number of morpholine rings is 1. The average molecular weight is 346 g/mol. The van der Waals surface area contributed by atoms with Gasteiger partial charge in [-0.25, -0.2) is 0 Å². The van der Waals surface area contributed by atoms with E-state index in [9.17, 15) is 4.79 Å². The fraction of sp³-hybridized carbons (Fsp3) is 0.650. The molecule has 0 N–H and O–H groups in total. The summed E-state index contributed by atoms with van der Waals surface area (Å²) in [6, 6.07) is 7.96. The summed E-state index contributed by atoms with van der Waals surface area (Å²) in [6.07, 6.45) is 4.46. The summed E-state index contributed by atoms with van der Waals surface area (Å²) in [4.78, 5) is 17.7. The van der Waals surface area contributed by atoms with Crippen molar-refractivity contribution in [2.45, 2.75) is 38.6 Å². The van der Waals surface area contributed by atoms with Crippen molar-refractivity contribution in [1.82, 2.24) is 9.80 Å². The first kappa shape index (κ1) is 18.2. The standard InChI is InChI=1S/C20H30N2O3/c1-2-25-19-9-4-3-8-18(19)20(23)22-11-6-5-7-17(22)10-12-21-13-15-24-16-14-21/h3-4,8-9,17H,2,5-7,10-16H2,1H3. The van der Waals surface area contributed by atoms with Gasteiger partial charge in [0, 0.05) is 32.2 Å². The zero-order chi connectivity index (χ0) is 17.5. The first-order valence-electron chi connectivity index (χ1n) is 9.62. The molecule has 1 aromatic rings. The molecule has 2 heterocycles. The van der Waals surface area contributed by atoms with Crippen LogP contribution in [0, 0.1) is 0 Å². The molecule has 0 saturated carbocycles. The van der Waals surface area contributed by atoms with E-state index in [0.29, 0.717) is 24.0 Å². The third kappa shape index (κ3) is 4.73. The van der Waals surface area contributed by atoms with Gasteiger partial charge in [-0.15, -0.1) is 0 Å². The Balaban J connectivity index is 1.66. The Morgan fingerprint density at radius 1 is 1.20 bits per heavy atom. The second-order valence-electron chi connectivity index (χ2n) is 6.82. The number of nitrogens with zero attached hydrogens (tertiary/aromatic N) is 2. The minimum Gasteiger partial charge on any atom is -0.493 e. The van der Waals surface area contributed by atoms with Gasteiger partial charge in [0.1, 0.15) is 5.75 Å².